The maximum absolute atomic E-state index is 9.39. The molecule has 0 spiro atoms. The highest BCUT2D eigenvalue weighted by atomic mass is 16.5. The Balaban J connectivity index is 3.66. The number of hydrogen-bond acceptors (Lipinski definition) is 2. The van der Waals surface area contributed by atoms with Crippen molar-refractivity contribution in [3.63, 3.8) is 0 Å². The van der Waals surface area contributed by atoms with Crippen molar-refractivity contribution in [3.8, 4) is 0 Å². The quantitative estimate of drug-likeness (QED) is 0.669. The molecule has 0 aromatic heterocycles. The first kappa shape index (κ1) is 11.9. The Morgan fingerprint density at radius 3 is 2.08 bits per heavy atom. The van der Waals surface area contributed by atoms with Gasteiger partial charge in [-0.05, 0) is 33.1 Å². The molecule has 0 radical (unpaired) electrons. The molecule has 2 heteroatoms. The van der Waals surface area contributed by atoms with Crippen molar-refractivity contribution in [2.75, 3.05) is 0 Å². The van der Waals surface area contributed by atoms with Gasteiger partial charge in [0.15, 0.2) is 0 Å². The van der Waals surface area contributed by atoms with Crippen LogP contribution in [0, 0.1) is 0 Å². The molecule has 0 fully saturated rings. The molecule has 2 atom stereocenters. The summed E-state index contributed by atoms with van der Waals surface area (Å²) in [6.45, 7) is 8.14. The second-order valence-corrected chi connectivity index (χ2v) is 3.51. The van der Waals surface area contributed by atoms with Crippen LogP contribution in [0.1, 0.15) is 47.0 Å². The third-order valence-corrected chi connectivity index (χ3v) is 1.93. The van der Waals surface area contributed by atoms with Gasteiger partial charge in [0, 0.05) is 0 Å². The summed E-state index contributed by atoms with van der Waals surface area (Å²) in [4.78, 5) is 0. The van der Waals surface area contributed by atoms with Crippen molar-refractivity contribution in [2.24, 2.45) is 0 Å². The highest BCUT2D eigenvalue weighted by Gasteiger charge is 2.12. The second-order valence-electron chi connectivity index (χ2n) is 3.51. The molecule has 0 aliphatic rings. The van der Waals surface area contributed by atoms with Crippen LogP contribution in [0.5, 0.6) is 0 Å². The summed E-state index contributed by atoms with van der Waals surface area (Å²) in [6, 6.07) is 0. The van der Waals surface area contributed by atoms with Gasteiger partial charge >= 0.3 is 0 Å². The summed E-state index contributed by atoms with van der Waals surface area (Å²) >= 11 is 0. The van der Waals surface area contributed by atoms with Gasteiger partial charge in [-0.15, -0.1) is 0 Å². The highest BCUT2D eigenvalue weighted by molar-refractivity contribution is 4.63. The molecule has 0 aliphatic carbocycles. The third-order valence-electron chi connectivity index (χ3n) is 1.93. The van der Waals surface area contributed by atoms with Crippen LogP contribution in [0.25, 0.3) is 0 Å². The van der Waals surface area contributed by atoms with Gasteiger partial charge in [0.05, 0.1) is 18.3 Å². The summed E-state index contributed by atoms with van der Waals surface area (Å²) in [7, 11) is 0. The first-order valence-corrected chi connectivity index (χ1v) is 4.93. The van der Waals surface area contributed by atoms with Gasteiger partial charge < -0.3 is 9.84 Å². The fourth-order valence-electron chi connectivity index (χ4n) is 1.17. The lowest BCUT2D eigenvalue weighted by atomic mass is 10.1. The molecule has 0 amide bonds. The summed E-state index contributed by atoms with van der Waals surface area (Å²) in [5.74, 6) is 0. The zero-order chi connectivity index (χ0) is 9.56. The summed E-state index contributed by atoms with van der Waals surface area (Å²) < 4.78 is 5.61. The van der Waals surface area contributed by atoms with Crippen LogP contribution in [-0.2, 0) is 4.74 Å². The Morgan fingerprint density at radius 2 is 1.75 bits per heavy atom. The van der Waals surface area contributed by atoms with E-state index >= 15 is 0 Å². The van der Waals surface area contributed by atoms with Crippen LogP contribution in [0.4, 0.5) is 0 Å². The van der Waals surface area contributed by atoms with Crippen molar-refractivity contribution < 1.29 is 9.84 Å². The van der Waals surface area contributed by atoms with E-state index in [0.29, 0.717) is 0 Å². The van der Waals surface area contributed by atoms with Crippen LogP contribution < -0.4 is 0 Å². The van der Waals surface area contributed by atoms with E-state index in [0.717, 1.165) is 19.3 Å². The van der Waals surface area contributed by atoms with Crippen LogP contribution in [0.3, 0.4) is 0 Å². The van der Waals surface area contributed by atoms with Gasteiger partial charge in [0.1, 0.15) is 0 Å². The van der Waals surface area contributed by atoms with E-state index in [1.165, 1.54) is 0 Å². The van der Waals surface area contributed by atoms with E-state index in [-0.39, 0.29) is 18.3 Å². The highest BCUT2D eigenvalue weighted by Crippen LogP contribution is 2.11. The van der Waals surface area contributed by atoms with Crippen LogP contribution in [-0.4, -0.2) is 23.4 Å². The summed E-state index contributed by atoms with van der Waals surface area (Å²) in [6.07, 6.45) is 2.85. The van der Waals surface area contributed by atoms with Gasteiger partial charge in [0.25, 0.3) is 0 Å². The van der Waals surface area contributed by atoms with E-state index in [1.54, 1.807) is 0 Å². The van der Waals surface area contributed by atoms with Gasteiger partial charge in [-0.1, -0.05) is 13.8 Å². The Kier molecular flexibility index (Phi) is 6.39. The lowest BCUT2D eigenvalue weighted by Gasteiger charge is -2.21. The molecule has 0 heterocycles. The molecule has 2 unspecified atom stereocenters. The molecule has 1 N–H and O–H groups in total. The fraction of sp³-hybridized carbons (Fsp3) is 1.00. The lowest BCUT2D eigenvalue weighted by molar-refractivity contribution is -0.0224. The van der Waals surface area contributed by atoms with E-state index in [2.05, 4.69) is 6.92 Å². The SMILES string of the molecule is CCC(O)CC(CC)OC(C)C. The Morgan fingerprint density at radius 1 is 1.17 bits per heavy atom. The van der Waals surface area contributed by atoms with Crippen LogP contribution in [0.2, 0.25) is 0 Å². The number of ether oxygens (including phenoxy) is 1. The van der Waals surface area contributed by atoms with Crippen molar-refractivity contribution in [1.29, 1.82) is 0 Å². The maximum Gasteiger partial charge on any atom is 0.0600 e. The first-order chi connectivity index (χ1) is 5.60. The molecular formula is C10H22O2. The maximum atomic E-state index is 9.39. The Bertz CT molecular complexity index is 102. The largest absolute Gasteiger partial charge is 0.393 e. The Labute approximate surface area is 75.9 Å². The first-order valence-electron chi connectivity index (χ1n) is 4.93. The molecule has 0 rings (SSSR count). The molecule has 2 nitrogen and oxygen atoms in total. The zero-order valence-electron chi connectivity index (χ0n) is 8.71. The van der Waals surface area contributed by atoms with Gasteiger partial charge in [-0.3, -0.25) is 0 Å². The van der Waals surface area contributed by atoms with Crippen molar-refractivity contribution in [1.82, 2.24) is 0 Å². The van der Waals surface area contributed by atoms with E-state index in [1.807, 2.05) is 20.8 Å². The van der Waals surface area contributed by atoms with E-state index < -0.39 is 0 Å². The zero-order valence-corrected chi connectivity index (χ0v) is 8.71. The average Bonchev–Trinajstić information content (AvgIpc) is 2.02. The van der Waals surface area contributed by atoms with Crippen molar-refractivity contribution in [3.05, 3.63) is 0 Å². The minimum atomic E-state index is -0.200. The van der Waals surface area contributed by atoms with Crippen molar-refractivity contribution >= 4 is 0 Å². The number of aliphatic hydroxyl groups is 1. The second kappa shape index (κ2) is 6.44. The van der Waals surface area contributed by atoms with E-state index in [4.69, 9.17) is 4.74 Å². The molecule has 0 saturated carbocycles. The number of rotatable bonds is 6. The third kappa shape index (κ3) is 5.56. The van der Waals surface area contributed by atoms with Gasteiger partial charge in [0.2, 0.25) is 0 Å². The monoisotopic (exact) mass is 174 g/mol. The molecule has 74 valence electrons. The molecular weight excluding hydrogens is 152 g/mol. The minimum Gasteiger partial charge on any atom is -0.393 e. The molecule has 0 bridgehead atoms. The average molecular weight is 174 g/mol. The number of aliphatic hydroxyl groups excluding tert-OH is 1. The molecule has 0 saturated heterocycles. The normalized spacial score (nSPS) is 16.5. The standard InChI is InChI=1S/C10H22O2/c1-5-9(11)7-10(6-2)12-8(3)4/h8-11H,5-7H2,1-4H3. The lowest BCUT2D eigenvalue weighted by Crippen LogP contribution is -2.22. The molecule has 0 aromatic rings. The fourth-order valence-corrected chi connectivity index (χ4v) is 1.17. The van der Waals surface area contributed by atoms with Crippen LogP contribution >= 0.6 is 0 Å². The smallest absolute Gasteiger partial charge is 0.0600 e. The van der Waals surface area contributed by atoms with Crippen LogP contribution in [0.15, 0.2) is 0 Å². The number of hydrogen-bond donors (Lipinski definition) is 1. The van der Waals surface area contributed by atoms with Gasteiger partial charge in [-0.25, -0.2) is 0 Å². The summed E-state index contributed by atoms with van der Waals surface area (Å²) in [5.41, 5.74) is 0. The topological polar surface area (TPSA) is 29.5 Å². The molecule has 0 aromatic carbocycles. The predicted molar refractivity (Wildman–Crippen MR) is 51.2 cm³/mol. The summed E-state index contributed by atoms with van der Waals surface area (Å²) in [5, 5.41) is 9.39. The van der Waals surface area contributed by atoms with E-state index in [9.17, 15) is 5.11 Å². The Hall–Kier alpha value is -0.0800. The predicted octanol–water partition coefficient (Wildman–Crippen LogP) is 2.35. The van der Waals surface area contributed by atoms with Crippen molar-refractivity contribution in [2.45, 2.75) is 65.3 Å². The molecule has 12 heavy (non-hydrogen) atoms. The molecule has 0 aliphatic heterocycles. The van der Waals surface area contributed by atoms with Gasteiger partial charge in [-0.2, -0.15) is 0 Å². The minimum absolute atomic E-state index is 0.200.